The lowest BCUT2D eigenvalue weighted by Gasteiger charge is -2.32. The minimum atomic E-state index is -1.22. The SMILES string of the molecule is COC(C(N)=O)C(O)C(CC1CCCCC1)NC(=O)OC(C)(C)C. The van der Waals surface area contributed by atoms with Gasteiger partial charge in [0.25, 0.3) is 0 Å². The molecule has 3 unspecified atom stereocenters. The van der Waals surface area contributed by atoms with Crippen molar-refractivity contribution in [1.29, 1.82) is 0 Å². The largest absolute Gasteiger partial charge is 0.444 e. The Hall–Kier alpha value is -1.34. The van der Waals surface area contributed by atoms with Gasteiger partial charge >= 0.3 is 6.09 Å². The van der Waals surface area contributed by atoms with Crippen molar-refractivity contribution in [2.45, 2.75) is 83.1 Å². The molecule has 3 atom stereocenters. The molecule has 0 spiro atoms. The number of aliphatic hydroxyl groups excluding tert-OH is 1. The van der Waals surface area contributed by atoms with E-state index in [1.54, 1.807) is 20.8 Å². The number of primary amides is 1. The lowest BCUT2D eigenvalue weighted by Crippen LogP contribution is -2.54. The highest BCUT2D eigenvalue weighted by atomic mass is 16.6. The maximum Gasteiger partial charge on any atom is 0.407 e. The predicted molar refractivity (Wildman–Crippen MR) is 90.3 cm³/mol. The molecule has 7 nitrogen and oxygen atoms in total. The van der Waals surface area contributed by atoms with Crippen LogP contribution >= 0.6 is 0 Å². The highest BCUT2D eigenvalue weighted by Crippen LogP contribution is 2.28. The Labute approximate surface area is 144 Å². The molecule has 1 saturated carbocycles. The minimum Gasteiger partial charge on any atom is -0.444 e. The topological polar surface area (TPSA) is 111 Å². The standard InChI is InChI=1S/C17H32N2O5/c1-17(2,3)24-16(22)19-12(10-11-8-6-5-7-9-11)13(20)14(23-4)15(18)21/h11-14,20H,5-10H2,1-4H3,(H2,18,21)(H,19,22). The molecule has 1 aliphatic carbocycles. The van der Waals surface area contributed by atoms with Crippen molar-refractivity contribution in [3.8, 4) is 0 Å². The van der Waals surface area contributed by atoms with Crippen LogP contribution in [0.1, 0.15) is 59.3 Å². The van der Waals surface area contributed by atoms with E-state index in [4.69, 9.17) is 15.2 Å². The van der Waals surface area contributed by atoms with E-state index in [0.29, 0.717) is 12.3 Å². The second-order valence-electron chi connectivity index (χ2n) is 7.54. The summed E-state index contributed by atoms with van der Waals surface area (Å²) in [5.41, 5.74) is 4.64. The van der Waals surface area contributed by atoms with Crippen LogP contribution in [-0.4, -0.2) is 48.1 Å². The fraction of sp³-hybridized carbons (Fsp3) is 0.882. The summed E-state index contributed by atoms with van der Waals surface area (Å²) in [5, 5.41) is 13.2. The second-order valence-corrected chi connectivity index (χ2v) is 7.54. The zero-order valence-corrected chi connectivity index (χ0v) is 15.2. The van der Waals surface area contributed by atoms with Crippen LogP contribution in [0.25, 0.3) is 0 Å². The first-order valence-corrected chi connectivity index (χ1v) is 8.63. The Morgan fingerprint density at radius 1 is 1.25 bits per heavy atom. The van der Waals surface area contributed by atoms with E-state index in [1.807, 2.05) is 0 Å². The van der Waals surface area contributed by atoms with Crippen LogP contribution in [0.15, 0.2) is 0 Å². The van der Waals surface area contributed by atoms with Gasteiger partial charge in [-0.15, -0.1) is 0 Å². The van der Waals surface area contributed by atoms with Crippen molar-refractivity contribution < 1.29 is 24.2 Å². The van der Waals surface area contributed by atoms with Crippen molar-refractivity contribution in [2.75, 3.05) is 7.11 Å². The predicted octanol–water partition coefficient (Wildman–Crippen LogP) is 1.71. The van der Waals surface area contributed by atoms with Crippen LogP contribution in [0.4, 0.5) is 4.79 Å². The highest BCUT2D eigenvalue weighted by Gasteiger charge is 2.35. The Morgan fingerprint density at radius 3 is 2.29 bits per heavy atom. The maximum absolute atomic E-state index is 12.1. The smallest absolute Gasteiger partial charge is 0.407 e. The number of hydrogen-bond donors (Lipinski definition) is 3. The summed E-state index contributed by atoms with van der Waals surface area (Å²) in [6, 6.07) is -0.652. The Morgan fingerprint density at radius 2 is 1.83 bits per heavy atom. The quantitative estimate of drug-likeness (QED) is 0.651. The normalized spacial score (nSPS) is 20.0. The summed E-state index contributed by atoms with van der Waals surface area (Å²) in [4.78, 5) is 23.6. The van der Waals surface area contributed by atoms with E-state index >= 15 is 0 Å². The zero-order chi connectivity index (χ0) is 18.3. The van der Waals surface area contributed by atoms with Gasteiger partial charge < -0.3 is 25.6 Å². The molecule has 1 aliphatic rings. The van der Waals surface area contributed by atoms with E-state index < -0.39 is 35.9 Å². The molecular formula is C17H32N2O5. The number of ether oxygens (including phenoxy) is 2. The van der Waals surface area contributed by atoms with E-state index in [2.05, 4.69) is 5.32 Å². The molecule has 0 aromatic carbocycles. The molecule has 140 valence electrons. The number of hydrogen-bond acceptors (Lipinski definition) is 5. The third-order valence-corrected chi connectivity index (χ3v) is 4.27. The molecule has 0 radical (unpaired) electrons. The van der Waals surface area contributed by atoms with Gasteiger partial charge in [0.1, 0.15) is 11.7 Å². The van der Waals surface area contributed by atoms with E-state index in [-0.39, 0.29) is 0 Å². The molecule has 0 heterocycles. The van der Waals surface area contributed by atoms with Crippen LogP contribution in [0, 0.1) is 5.92 Å². The summed E-state index contributed by atoms with van der Waals surface area (Å²) in [6.45, 7) is 5.29. The fourth-order valence-corrected chi connectivity index (χ4v) is 3.16. The molecule has 0 aliphatic heterocycles. The Bertz CT molecular complexity index is 416. The van der Waals surface area contributed by atoms with Gasteiger partial charge in [-0.25, -0.2) is 4.79 Å². The molecule has 0 aromatic heterocycles. The molecule has 0 bridgehead atoms. The molecule has 4 N–H and O–H groups in total. The number of amides is 2. The lowest BCUT2D eigenvalue weighted by atomic mass is 9.83. The average molecular weight is 344 g/mol. The van der Waals surface area contributed by atoms with Gasteiger partial charge in [-0.3, -0.25) is 4.79 Å². The van der Waals surface area contributed by atoms with Gasteiger partial charge in [0.05, 0.1) is 6.04 Å². The Kier molecular flexibility index (Phi) is 7.96. The summed E-state index contributed by atoms with van der Waals surface area (Å²) < 4.78 is 10.3. The number of aliphatic hydroxyl groups is 1. The molecule has 2 amide bonds. The molecular weight excluding hydrogens is 312 g/mol. The van der Waals surface area contributed by atoms with Crippen molar-refractivity contribution in [1.82, 2.24) is 5.32 Å². The lowest BCUT2D eigenvalue weighted by molar-refractivity contribution is -0.136. The summed E-state index contributed by atoms with van der Waals surface area (Å²) in [5.74, 6) is -0.372. The van der Waals surface area contributed by atoms with Gasteiger partial charge in [0.2, 0.25) is 5.91 Å². The minimum absolute atomic E-state index is 0.388. The van der Waals surface area contributed by atoms with Crippen LogP contribution in [0.2, 0.25) is 0 Å². The molecule has 7 heteroatoms. The number of nitrogens with two attached hydrogens (primary N) is 1. The first-order valence-electron chi connectivity index (χ1n) is 8.63. The monoisotopic (exact) mass is 344 g/mol. The molecule has 1 fully saturated rings. The van der Waals surface area contributed by atoms with Gasteiger partial charge in [-0.1, -0.05) is 32.1 Å². The second kappa shape index (κ2) is 9.22. The van der Waals surface area contributed by atoms with Crippen LogP contribution in [-0.2, 0) is 14.3 Å². The van der Waals surface area contributed by atoms with Crippen LogP contribution in [0.5, 0.6) is 0 Å². The molecule has 0 saturated heterocycles. The number of carbonyl (C=O) groups is 2. The third kappa shape index (κ3) is 7.05. The van der Waals surface area contributed by atoms with Crippen molar-refractivity contribution in [2.24, 2.45) is 11.7 Å². The van der Waals surface area contributed by atoms with E-state index in [0.717, 1.165) is 25.7 Å². The number of methoxy groups -OCH3 is 1. The van der Waals surface area contributed by atoms with Crippen LogP contribution < -0.4 is 11.1 Å². The number of alkyl carbamates (subject to hydrolysis) is 1. The van der Waals surface area contributed by atoms with Gasteiger partial charge in [0.15, 0.2) is 6.10 Å². The molecule has 1 rings (SSSR count). The fourth-order valence-electron chi connectivity index (χ4n) is 3.16. The van der Waals surface area contributed by atoms with Crippen molar-refractivity contribution >= 4 is 12.0 Å². The average Bonchev–Trinajstić information content (AvgIpc) is 2.45. The van der Waals surface area contributed by atoms with Gasteiger partial charge in [-0.05, 0) is 33.1 Å². The first-order chi connectivity index (χ1) is 11.1. The van der Waals surface area contributed by atoms with Gasteiger partial charge in [0, 0.05) is 7.11 Å². The summed E-state index contributed by atoms with van der Waals surface area (Å²) >= 11 is 0. The zero-order valence-electron chi connectivity index (χ0n) is 15.2. The molecule has 24 heavy (non-hydrogen) atoms. The maximum atomic E-state index is 12.1. The highest BCUT2D eigenvalue weighted by molar-refractivity contribution is 5.79. The number of rotatable bonds is 7. The number of carbonyl (C=O) groups excluding carboxylic acids is 2. The summed E-state index contributed by atoms with van der Waals surface area (Å²) in [6.07, 6.45) is 3.14. The van der Waals surface area contributed by atoms with Gasteiger partial charge in [-0.2, -0.15) is 0 Å². The first kappa shape index (κ1) is 20.7. The van der Waals surface area contributed by atoms with Crippen LogP contribution in [0.3, 0.4) is 0 Å². The number of nitrogens with one attached hydrogen (secondary N) is 1. The van der Waals surface area contributed by atoms with Crippen molar-refractivity contribution in [3.63, 3.8) is 0 Å². The third-order valence-electron chi connectivity index (χ3n) is 4.27. The Balaban J connectivity index is 2.80. The summed E-state index contributed by atoms with van der Waals surface area (Å²) in [7, 11) is 1.31. The molecule has 0 aromatic rings. The van der Waals surface area contributed by atoms with E-state index in [9.17, 15) is 14.7 Å². The van der Waals surface area contributed by atoms with Crippen molar-refractivity contribution in [3.05, 3.63) is 0 Å². The van der Waals surface area contributed by atoms with E-state index in [1.165, 1.54) is 13.5 Å².